The van der Waals surface area contributed by atoms with Gasteiger partial charge in [-0.05, 0) is 52.9 Å². The Balaban J connectivity index is 1.90. The second-order valence-corrected chi connectivity index (χ2v) is 6.17. The molecule has 0 aliphatic heterocycles. The lowest BCUT2D eigenvalue weighted by Gasteiger charge is -2.09. The lowest BCUT2D eigenvalue weighted by molar-refractivity contribution is 0.102. The van der Waals surface area contributed by atoms with E-state index in [9.17, 15) is 4.79 Å². The summed E-state index contributed by atoms with van der Waals surface area (Å²) in [5.74, 6) is 1.15. The first-order valence-corrected chi connectivity index (χ1v) is 8.14. The van der Waals surface area contributed by atoms with Crippen LogP contribution < -0.4 is 14.8 Å². The molecule has 1 N–H and O–H groups in total. The predicted octanol–water partition coefficient (Wildman–Crippen LogP) is 3.50. The molecular weight excluding hydrogens is 421 g/mol. The third-order valence-corrected chi connectivity index (χ3v) is 4.14. The van der Waals surface area contributed by atoms with E-state index in [1.807, 2.05) is 12.1 Å². The second-order valence-electron chi connectivity index (χ2n) is 4.92. The summed E-state index contributed by atoms with van der Waals surface area (Å²) in [6.45, 7) is 0. The topological polar surface area (TPSA) is 73.3 Å². The molecule has 3 rings (SSSR count). The van der Waals surface area contributed by atoms with E-state index in [-0.39, 0.29) is 11.9 Å². The molecule has 6 nitrogen and oxygen atoms in total. The van der Waals surface area contributed by atoms with Crippen molar-refractivity contribution in [2.45, 2.75) is 0 Å². The number of nitrogens with zero attached hydrogens (tertiary/aromatic N) is 2. The van der Waals surface area contributed by atoms with Crippen LogP contribution in [0.4, 0.5) is 5.95 Å². The summed E-state index contributed by atoms with van der Waals surface area (Å²) in [7, 11) is 3.13. The van der Waals surface area contributed by atoms with Crippen LogP contribution in [0, 0.1) is 3.57 Å². The molecule has 1 amide bonds. The van der Waals surface area contributed by atoms with E-state index in [2.05, 4.69) is 37.9 Å². The van der Waals surface area contributed by atoms with E-state index < -0.39 is 0 Å². The first-order valence-electron chi connectivity index (χ1n) is 7.06. The summed E-state index contributed by atoms with van der Waals surface area (Å²) in [5, 5.41) is 3.49. The number of nitrogens with one attached hydrogen (secondary N) is 1. The molecule has 2 aromatic carbocycles. The summed E-state index contributed by atoms with van der Waals surface area (Å²) in [4.78, 5) is 20.8. The maximum absolute atomic E-state index is 12.2. The van der Waals surface area contributed by atoms with Gasteiger partial charge in [0.05, 0.1) is 19.7 Å². The molecule has 0 saturated heterocycles. The quantitative estimate of drug-likeness (QED) is 0.636. The number of amides is 1. The van der Waals surface area contributed by atoms with Crippen molar-refractivity contribution in [1.29, 1.82) is 0 Å². The lowest BCUT2D eigenvalue weighted by Crippen LogP contribution is -2.14. The minimum absolute atomic E-state index is 0.235. The molecule has 3 aromatic rings. The van der Waals surface area contributed by atoms with Gasteiger partial charge in [0.1, 0.15) is 0 Å². The van der Waals surface area contributed by atoms with E-state index in [4.69, 9.17) is 9.47 Å². The highest BCUT2D eigenvalue weighted by Gasteiger charge is 2.11. The summed E-state index contributed by atoms with van der Waals surface area (Å²) >= 11 is 2.19. The molecule has 1 heterocycles. The van der Waals surface area contributed by atoms with Crippen LogP contribution in [0.25, 0.3) is 10.9 Å². The predicted molar refractivity (Wildman–Crippen MR) is 99.8 cm³/mol. The van der Waals surface area contributed by atoms with Gasteiger partial charge in [-0.1, -0.05) is 0 Å². The fraction of sp³-hybridized carbons (Fsp3) is 0.118. The molecule has 0 aliphatic rings. The van der Waals surface area contributed by atoms with Crippen LogP contribution in [0.15, 0.2) is 42.6 Å². The van der Waals surface area contributed by atoms with Crippen LogP contribution in [0.2, 0.25) is 0 Å². The molecule has 0 spiro atoms. The van der Waals surface area contributed by atoms with E-state index >= 15 is 0 Å². The number of aromatic nitrogens is 2. The minimum Gasteiger partial charge on any atom is -0.493 e. The van der Waals surface area contributed by atoms with Gasteiger partial charge in [-0.25, -0.2) is 9.97 Å². The van der Waals surface area contributed by atoms with Crippen LogP contribution in [-0.4, -0.2) is 30.1 Å². The fourth-order valence-electron chi connectivity index (χ4n) is 2.19. The van der Waals surface area contributed by atoms with Crippen molar-refractivity contribution in [1.82, 2.24) is 9.97 Å². The molecule has 24 heavy (non-hydrogen) atoms. The smallest absolute Gasteiger partial charge is 0.258 e. The van der Waals surface area contributed by atoms with Crippen molar-refractivity contribution in [2.24, 2.45) is 0 Å². The van der Waals surface area contributed by atoms with Crippen LogP contribution in [0.1, 0.15) is 10.4 Å². The Bertz CT molecular complexity index is 897. The fourth-order valence-corrected chi connectivity index (χ4v) is 2.55. The minimum atomic E-state index is -0.258. The normalized spacial score (nSPS) is 10.5. The Morgan fingerprint density at radius 3 is 2.42 bits per heavy atom. The third-order valence-electron chi connectivity index (χ3n) is 3.42. The zero-order chi connectivity index (χ0) is 17.1. The summed E-state index contributed by atoms with van der Waals surface area (Å²) < 4.78 is 11.6. The average molecular weight is 435 g/mol. The first kappa shape index (κ1) is 16.4. The number of ether oxygens (including phenoxy) is 2. The summed E-state index contributed by atoms with van der Waals surface area (Å²) in [6.07, 6.45) is 1.63. The van der Waals surface area contributed by atoms with Crippen LogP contribution >= 0.6 is 22.6 Å². The molecule has 1 aromatic heterocycles. The molecule has 122 valence electrons. The highest BCUT2D eigenvalue weighted by molar-refractivity contribution is 14.1. The van der Waals surface area contributed by atoms with Gasteiger partial charge in [0.2, 0.25) is 5.95 Å². The third kappa shape index (κ3) is 3.40. The maximum Gasteiger partial charge on any atom is 0.258 e. The van der Waals surface area contributed by atoms with E-state index in [1.54, 1.807) is 44.7 Å². The molecular formula is C17H14IN3O3. The second kappa shape index (κ2) is 7.00. The number of rotatable bonds is 4. The van der Waals surface area contributed by atoms with E-state index in [0.29, 0.717) is 22.6 Å². The zero-order valence-electron chi connectivity index (χ0n) is 13.0. The number of hydrogen-bond donors (Lipinski definition) is 1. The molecule has 0 unspecified atom stereocenters. The van der Waals surface area contributed by atoms with Crippen molar-refractivity contribution in [3.8, 4) is 11.5 Å². The highest BCUT2D eigenvalue weighted by Crippen LogP contribution is 2.31. The number of carbonyl (C=O) groups excluding carboxylic acids is 1. The molecule has 0 saturated carbocycles. The van der Waals surface area contributed by atoms with Gasteiger partial charge in [0.15, 0.2) is 11.5 Å². The SMILES string of the molecule is COc1cc2cnc(NC(=O)c3ccc(I)cc3)nc2cc1OC. The van der Waals surface area contributed by atoms with Gasteiger partial charge in [-0.15, -0.1) is 0 Å². The summed E-state index contributed by atoms with van der Waals surface area (Å²) in [6, 6.07) is 10.8. The van der Waals surface area contributed by atoms with Gasteiger partial charge in [0, 0.05) is 26.8 Å². The Kier molecular flexibility index (Phi) is 4.79. The average Bonchev–Trinajstić information content (AvgIpc) is 2.60. The Hall–Kier alpha value is -2.42. The van der Waals surface area contributed by atoms with Crippen molar-refractivity contribution in [3.63, 3.8) is 0 Å². The number of anilines is 1. The summed E-state index contributed by atoms with van der Waals surface area (Å²) in [5.41, 5.74) is 1.20. The molecule has 0 bridgehead atoms. The van der Waals surface area contributed by atoms with Crippen molar-refractivity contribution < 1.29 is 14.3 Å². The zero-order valence-corrected chi connectivity index (χ0v) is 15.2. The number of carbonyl (C=O) groups is 1. The highest BCUT2D eigenvalue weighted by atomic mass is 127. The Morgan fingerprint density at radius 1 is 1.08 bits per heavy atom. The maximum atomic E-state index is 12.2. The standard InChI is InChI=1S/C17H14IN3O3/c1-23-14-7-11-9-19-17(20-13(11)8-15(14)24-2)21-16(22)10-3-5-12(18)6-4-10/h3-9H,1-2H3,(H,19,20,21,22). The largest absolute Gasteiger partial charge is 0.493 e. The van der Waals surface area contributed by atoms with Crippen molar-refractivity contribution >= 4 is 45.3 Å². The lowest BCUT2D eigenvalue weighted by atomic mass is 10.2. The van der Waals surface area contributed by atoms with Crippen LogP contribution in [-0.2, 0) is 0 Å². The van der Waals surface area contributed by atoms with Gasteiger partial charge in [-0.2, -0.15) is 0 Å². The van der Waals surface area contributed by atoms with Crippen molar-refractivity contribution in [2.75, 3.05) is 19.5 Å². The van der Waals surface area contributed by atoms with Crippen LogP contribution in [0.5, 0.6) is 11.5 Å². The molecule has 7 heteroatoms. The van der Waals surface area contributed by atoms with Gasteiger partial charge >= 0.3 is 0 Å². The number of methoxy groups -OCH3 is 2. The molecule has 0 aliphatic carbocycles. The number of halogens is 1. The van der Waals surface area contributed by atoms with E-state index in [0.717, 1.165) is 8.96 Å². The van der Waals surface area contributed by atoms with Crippen LogP contribution in [0.3, 0.4) is 0 Å². The van der Waals surface area contributed by atoms with Gasteiger partial charge in [-0.3, -0.25) is 10.1 Å². The van der Waals surface area contributed by atoms with Crippen molar-refractivity contribution in [3.05, 3.63) is 51.7 Å². The van der Waals surface area contributed by atoms with Gasteiger partial charge in [0.25, 0.3) is 5.91 Å². The number of hydrogen-bond acceptors (Lipinski definition) is 5. The number of benzene rings is 2. The van der Waals surface area contributed by atoms with Gasteiger partial charge < -0.3 is 9.47 Å². The van der Waals surface area contributed by atoms with E-state index in [1.165, 1.54) is 0 Å². The molecule has 0 radical (unpaired) electrons. The Morgan fingerprint density at radius 2 is 1.75 bits per heavy atom. The monoisotopic (exact) mass is 435 g/mol. The molecule has 0 fully saturated rings. The number of fused-ring (bicyclic) bond motifs is 1. The Labute approximate surface area is 152 Å². The first-order chi connectivity index (χ1) is 11.6. The molecule has 0 atom stereocenters.